The molecule has 2 heterocycles. The smallest absolute Gasteiger partial charge is 0.251 e. The summed E-state index contributed by atoms with van der Waals surface area (Å²) < 4.78 is 30.0. The first kappa shape index (κ1) is 28.9. The number of rotatable bonds is 10. The second-order valence-electron chi connectivity index (χ2n) is 9.60. The Morgan fingerprint density at radius 3 is 2.36 bits per heavy atom. The summed E-state index contributed by atoms with van der Waals surface area (Å²) >= 11 is 1.19. The molecule has 1 aromatic heterocycles. The van der Waals surface area contributed by atoms with Crippen LogP contribution in [0.4, 0.5) is 10.1 Å². The van der Waals surface area contributed by atoms with Crippen molar-refractivity contribution in [1.29, 1.82) is 0 Å². The fourth-order valence-corrected chi connectivity index (χ4v) is 5.36. The van der Waals surface area contributed by atoms with E-state index in [1.54, 1.807) is 37.4 Å². The number of thioether (sulfide) groups is 1. The summed E-state index contributed by atoms with van der Waals surface area (Å²) in [7, 11) is 1.57. The maximum absolute atomic E-state index is 14.0. The lowest BCUT2D eigenvalue weighted by molar-refractivity contribution is -0.137. The van der Waals surface area contributed by atoms with Crippen molar-refractivity contribution >= 4 is 29.3 Å². The summed E-state index contributed by atoms with van der Waals surface area (Å²) in [4.78, 5) is 38.2. The fraction of sp³-hybridized carbons (Fsp3) is 0.226. The third-order valence-corrected chi connectivity index (χ3v) is 7.34. The van der Waals surface area contributed by atoms with Gasteiger partial charge in [-0.3, -0.25) is 9.59 Å². The van der Waals surface area contributed by atoms with E-state index in [9.17, 15) is 14.0 Å². The molecule has 1 atom stereocenters. The molecule has 5 rings (SSSR count). The Labute approximate surface area is 247 Å². The maximum Gasteiger partial charge on any atom is 0.251 e. The summed E-state index contributed by atoms with van der Waals surface area (Å²) in [6.07, 6.45) is 0. The number of hydrogen-bond acceptors (Lipinski definition) is 8. The molecular weight excluding hydrogens is 559 g/mol. The number of ether oxygens (including phenoxy) is 3. The van der Waals surface area contributed by atoms with Crippen LogP contribution in [-0.4, -0.2) is 46.3 Å². The number of hydrogen-bond donors (Lipinski definition) is 1. The van der Waals surface area contributed by atoms with Crippen molar-refractivity contribution in [2.45, 2.75) is 31.6 Å². The van der Waals surface area contributed by atoms with E-state index >= 15 is 0 Å². The van der Waals surface area contributed by atoms with Crippen LogP contribution in [0, 0.1) is 19.7 Å². The number of carbonyl (C=O) groups is 2. The molecule has 2 amide bonds. The van der Waals surface area contributed by atoms with Crippen molar-refractivity contribution in [2.24, 2.45) is 0 Å². The van der Waals surface area contributed by atoms with Gasteiger partial charge in [-0.2, -0.15) is 0 Å². The molecule has 0 saturated carbocycles. The zero-order valence-electron chi connectivity index (χ0n) is 23.3. The number of fused-ring (bicyclic) bond motifs is 1. The zero-order valence-corrected chi connectivity index (χ0v) is 24.1. The van der Waals surface area contributed by atoms with Crippen LogP contribution in [0.25, 0.3) is 0 Å². The molecule has 0 radical (unpaired) electrons. The lowest BCUT2D eigenvalue weighted by atomic mass is 10.0. The van der Waals surface area contributed by atoms with Gasteiger partial charge in [0.25, 0.3) is 5.91 Å². The minimum absolute atomic E-state index is 0.0198. The summed E-state index contributed by atoms with van der Waals surface area (Å²) in [5.41, 5.74) is 3.27. The summed E-state index contributed by atoms with van der Waals surface area (Å²) in [6.45, 7) is 3.92. The predicted octanol–water partition coefficient (Wildman–Crippen LogP) is 5.47. The van der Waals surface area contributed by atoms with E-state index in [0.717, 1.165) is 17.0 Å². The minimum Gasteiger partial charge on any atom is -0.497 e. The predicted molar refractivity (Wildman–Crippen MR) is 156 cm³/mol. The van der Waals surface area contributed by atoms with Gasteiger partial charge < -0.3 is 24.4 Å². The number of anilines is 1. The summed E-state index contributed by atoms with van der Waals surface area (Å²) in [5, 5.41) is 3.37. The fourth-order valence-electron chi connectivity index (χ4n) is 4.52. The van der Waals surface area contributed by atoms with Gasteiger partial charge >= 0.3 is 0 Å². The Morgan fingerprint density at radius 1 is 0.976 bits per heavy atom. The van der Waals surface area contributed by atoms with Crippen molar-refractivity contribution < 1.29 is 28.2 Å². The topological polar surface area (TPSA) is 103 Å². The molecule has 1 N–H and O–H groups in total. The van der Waals surface area contributed by atoms with Gasteiger partial charge in [-0.15, -0.1) is 0 Å². The SMILES string of the molecule is COc1ccc(CN(C(=O)CSc2nc(C)cc(C)n2)[C@@H](C(=O)Nc2ccc3c(c2)OCO3)c2ccc(F)cc2)cc1. The largest absolute Gasteiger partial charge is 0.497 e. The van der Waals surface area contributed by atoms with E-state index in [1.807, 2.05) is 32.0 Å². The lowest BCUT2D eigenvalue weighted by Crippen LogP contribution is -2.41. The quantitative estimate of drug-likeness (QED) is 0.192. The monoisotopic (exact) mass is 588 g/mol. The number of amides is 2. The Kier molecular flexibility index (Phi) is 8.87. The highest BCUT2D eigenvalue weighted by Crippen LogP contribution is 2.35. The highest BCUT2D eigenvalue weighted by molar-refractivity contribution is 7.99. The normalized spacial score (nSPS) is 12.5. The van der Waals surface area contributed by atoms with Crippen LogP contribution < -0.4 is 19.5 Å². The Hall–Kier alpha value is -4.64. The average Bonchev–Trinajstić information content (AvgIpc) is 3.44. The highest BCUT2D eigenvalue weighted by atomic mass is 32.2. The summed E-state index contributed by atoms with van der Waals surface area (Å²) in [5.74, 6) is 0.462. The number of aromatic nitrogens is 2. The van der Waals surface area contributed by atoms with Crippen LogP contribution in [0.2, 0.25) is 0 Å². The molecule has 0 spiro atoms. The molecular formula is C31H29FN4O5S. The summed E-state index contributed by atoms with van der Waals surface area (Å²) in [6, 6.07) is 18.6. The van der Waals surface area contributed by atoms with Gasteiger partial charge in [0.15, 0.2) is 16.7 Å². The second kappa shape index (κ2) is 12.9. The molecule has 1 aliphatic rings. The van der Waals surface area contributed by atoms with Gasteiger partial charge in [0.2, 0.25) is 12.7 Å². The maximum atomic E-state index is 14.0. The lowest BCUT2D eigenvalue weighted by Gasteiger charge is -2.31. The van der Waals surface area contributed by atoms with Crippen molar-refractivity contribution in [2.75, 3.05) is 25.0 Å². The van der Waals surface area contributed by atoms with Crippen LogP contribution in [0.5, 0.6) is 17.2 Å². The molecule has 0 fully saturated rings. The van der Waals surface area contributed by atoms with Crippen molar-refractivity contribution in [3.05, 3.63) is 101 Å². The Balaban J connectivity index is 1.48. The zero-order chi connectivity index (χ0) is 29.6. The Bertz CT molecular complexity index is 1560. The molecule has 1 aliphatic heterocycles. The number of carbonyl (C=O) groups excluding carboxylic acids is 2. The molecule has 9 nitrogen and oxygen atoms in total. The van der Waals surface area contributed by atoms with Gasteiger partial charge in [-0.05, 0) is 67.4 Å². The van der Waals surface area contributed by atoms with Crippen molar-refractivity contribution in [3.8, 4) is 17.2 Å². The number of halogens is 1. The van der Waals surface area contributed by atoms with Gasteiger partial charge in [-0.1, -0.05) is 36.0 Å². The molecule has 4 aromatic rings. The van der Waals surface area contributed by atoms with Crippen LogP contribution in [0.3, 0.4) is 0 Å². The van der Waals surface area contributed by atoms with Gasteiger partial charge in [0.1, 0.15) is 17.6 Å². The third kappa shape index (κ3) is 6.98. The molecule has 42 heavy (non-hydrogen) atoms. The molecule has 3 aromatic carbocycles. The van der Waals surface area contributed by atoms with Crippen LogP contribution >= 0.6 is 11.8 Å². The first-order chi connectivity index (χ1) is 20.3. The standard InChI is InChI=1S/C31H29FN4O5S/c1-19-14-20(2)34-31(33-19)42-17-28(37)36(16-21-4-11-25(39-3)12-5-21)29(22-6-8-23(32)9-7-22)30(38)35-24-10-13-26-27(15-24)41-18-40-26/h4-15,29H,16-18H2,1-3H3,(H,35,38)/t29-/m1/s1. The van der Waals surface area contributed by atoms with E-state index in [1.165, 1.54) is 40.9 Å². The van der Waals surface area contributed by atoms with E-state index in [4.69, 9.17) is 14.2 Å². The second-order valence-corrected chi connectivity index (χ2v) is 10.5. The first-order valence-electron chi connectivity index (χ1n) is 13.1. The minimum atomic E-state index is -1.09. The van der Waals surface area contributed by atoms with Gasteiger partial charge in [-0.25, -0.2) is 14.4 Å². The number of benzene rings is 3. The molecule has 0 aliphatic carbocycles. The third-order valence-electron chi connectivity index (χ3n) is 6.50. The van der Waals surface area contributed by atoms with Gasteiger partial charge in [0, 0.05) is 29.7 Å². The number of aryl methyl sites for hydroxylation is 2. The van der Waals surface area contributed by atoms with Crippen LogP contribution in [-0.2, 0) is 16.1 Å². The van der Waals surface area contributed by atoms with E-state index in [-0.39, 0.29) is 25.0 Å². The van der Waals surface area contributed by atoms with E-state index in [2.05, 4.69) is 15.3 Å². The van der Waals surface area contributed by atoms with Crippen molar-refractivity contribution in [3.63, 3.8) is 0 Å². The van der Waals surface area contributed by atoms with Crippen molar-refractivity contribution in [1.82, 2.24) is 14.9 Å². The van der Waals surface area contributed by atoms with Gasteiger partial charge in [0.05, 0.1) is 12.9 Å². The molecule has 216 valence electrons. The van der Waals surface area contributed by atoms with E-state index < -0.39 is 17.8 Å². The molecule has 0 bridgehead atoms. The average molecular weight is 589 g/mol. The van der Waals surface area contributed by atoms with Crippen LogP contribution in [0.1, 0.15) is 28.6 Å². The van der Waals surface area contributed by atoms with E-state index in [0.29, 0.717) is 33.7 Å². The molecule has 11 heteroatoms. The molecule has 0 saturated heterocycles. The number of methoxy groups -OCH3 is 1. The molecule has 0 unspecified atom stereocenters. The number of nitrogens with zero attached hydrogens (tertiary/aromatic N) is 3. The number of nitrogens with one attached hydrogen (secondary N) is 1. The highest BCUT2D eigenvalue weighted by Gasteiger charge is 2.32. The Morgan fingerprint density at radius 2 is 1.67 bits per heavy atom. The first-order valence-corrected chi connectivity index (χ1v) is 14.1. The van der Waals surface area contributed by atoms with Crippen LogP contribution in [0.15, 0.2) is 78.0 Å².